The first-order valence-corrected chi connectivity index (χ1v) is 5.91. The van der Waals surface area contributed by atoms with E-state index < -0.39 is 0 Å². The van der Waals surface area contributed by atoms with Gasteiger partial charge in [0.2, 0.25) is 0 Å². The number of ether oxygens (including phenoxy) is 1. The molecule has 0 aliphatic rings. The quantitative estimate of drug-likeness (QED) is 0.925. The van der Waals surface area contributed by atoms with Gasteiger partial charge >= 0.3 is 0 Å². The summed E-state index contributed by atoms with van der Waals surface area (Å²) in [6, 6.07) is 7.37. The maximum absolute atomic E-state index is 6.26. The van der Waals surface area contributed by atoms with E-state index in [-0.39, 0.29) is 0 Å². The number of nitrogens with two attached hydrogens (primary N) is 1. The molecule has 1 aromatic carbocycles. The number of nitrogens with zero attached hydrogens (tertiary/aromatic N) is 2. The molecular weight excluding hydrogens is 250 g/mol. The van der Waals surface area contributed by atoms with Gasteiger partial charge in [-0.2, -0.15) is 0 Å². The van der Waals surface area contributed by atoms with Crippen molar-refractivity contribution in [2.45, 2.75) is 13.5 Å². The molecule has 0 amide bonds. The molecule has 1 aromatic heterocycles. The first-order chi connectivity index (χ1) is 8.65. The summed E-state index contributed by atoms with van der Waals surface area (Å²) in [6.07, 6.45) is 0. The Hall–Kier alpha value is -1.65. The summed E-state index contributed by atoms with van der Waals surface area (Å²) < 4.78 is 5.18. The van der Waals surface area contributed by atoms with E-state index in [0.29, 0.717) is 23.1 Å². The Morgan fingerprint density at radius 3 is 2.78 bits per heavy atom. The second-order valence-electron chi connectivity index (χ2n) is 3.85. The molecule has 0 spiro atoms. The molecule has 0 aliphatic heterocycles. The number of hydrogen-bond donors (Lipinski definition) is 1. The summed E-state index contributed by atoms with van der Waals surface area (Å²) in [6.45, 7) is 2.27. The molecule has 0 saturated heterocycles. The molecule has 2 rings (SSSR count). The Morgan fingerprint density at radius 2 is 2.11 bits per heavy atom. The molecule has 2 N–H and O–H groups in total. The molecule has 0 saturated carbocycles. The first kappa shape index (κ1) is 12.8. The van der Waals surface area contributed by atoms with Gasteiger partial charge in [0.05, 0.1) is 17.8 Å². The zero-order chi connectivity index (χ0) is 13.1. The Bertz CT molecular complexity index is 572. The predicted molar refractivity (Wildman–Crippen MR) is 71.7 cm³/mol. The molecule has 0 radical (unpaired) electrons. The monoisotopic (exact) mass is 263 g/mol. The van der Waals surface area contributed by atoms with E-state index in [1.165, 1.54) is 0 Å². The van der Waals surface area contributed by atoms with Crippen LogP contribution < -0.4 is 10.5 Å². The second kappa shape index (κ2) is 5.33. The molecule has 0 unspecified atom stereocenters. The van der Waals surface area contributed by atoms with E-state index in [1.807, 2.05) is 25.1 Å². The summed E-state index contributed by atoms with van der Waals surface area (Å²) in [5, 5.41) is 0.508. The van der Waals surface area contributed by atoms with Crippen molar-refractivity contribution >= 4 is 11.6 Å². The van der Waals surface area contributed by atoms with Crippen LogP contribution in [0.4, 0.5) is 0 Å². The van der Waals surface area contributed by atoms with Gasteiger partial charge in [-0.3, -0.25) is 0 Å². The third-order valence-corrected chi connectivity index (χ3v) is 2.93. The van der Waals surface area contributed by atoms with Crippen molar-refractivity contribution in [2.75, 3.05) is 7.11 Å². The van der Waals surface area contributed by atoms with Crippen LogP contribution in [0.25, 0.3) is 11.4 Å². The Labute approximate surface area is 111 Å². The van der Waals surface area contributed by atoms with Gasteiger partial charge in [0.1, 0.15) is 5.75 Å². The normalized spacial score (nSPS) is 10.4. The Balaban J connectivity index is 2.58. The fourth-order valence-electron chi connectivity index (χ4n) is 1.70. The number of benzene rings is 1. The van der Waals surface area contributed by atoms with Crippen molar-refractivity contribution in [1.29, 1.82) is 0 Å². The van der Waals surface area contributed by atoms with Crippen LogP contribution in [0, 0.1) is 6.92 Å². The minimum Gasteiger partial charge on any atom is -0.495 e. The summed E-state index contributed by atoms with van der Waals surface area (Å²) in [5.41, 5.74) is 8.01. The molecular formula is C13H14ClN3O. The largest absolute Gasteiger partial charge is 0.495 e. The molecule has 94 valence electrons. The van der Waals surface area contributed by atoms with Crippen molar-refractivity contribution in [3.63, 3.8) is 0 Å². The van der Waals surface area contributed by atoms with E-state index in [1.54, 1.807) is 13.2 Å². The molecule has 2 aromatic rings. The SMILES string of the molecule is COc1cccc(-c2nc(C)cc(CN)n2)c1Cl. The van der Waals surface area contributed by atoms with Crippen LogP contribution in [0.5, 0.6) is 5.75 Å². The van der Waals surface area contributed by atoms with Crippen molar-refractivity contribution in [3.8, 4) is 17.1 Å². The van der Waals surface area contributed by atoms with Crippen LogP contribution in [0.3, 0.4) is 0 Å². The van der Waals surface area contributed by atoms with Gasteiger partial charge < -0.3 is 10.5 Å². The standard InChI is InChI=1S/C13H14ClN3O/c1-8-6-9(7-15)17-13(16-8)10-4-3-5-11(18-2)12(10)14/h3-6H,7,15H2,1-2H3. The van der Waals surface area contributed by atoms with Crippen LogP contribution in [-0.2, 0) is 6.54 Å². The summed E-state index contributed by atoms with van der Waals surface area (Å²) in [4.78, 5) is 8.76. The first-order valence-electron chi connectivity index (χ1n) is 5.53. The number of aromatic nitrogens is 2. The van der Waals surface area contributed by atoms with E-state index in [4.69, 9.17) is 22.1 Å². The highest BCUT2D eigenvalue weighted by molar-refractivity contribution is 6.34. The topological polar surface area (TPSA) is 61.0 Å². The fourth-order valence-corrected chi connectivity index (χ4v) is 1.99. The highest BCUT2D eigenvalue weighted by Gasteiger charge is 2.12. The zero-order valence-electron chi connectivity index (χ0n) is 10.3. The van der Waals surface area contributed by atoms with Gasteiger partial charge in [-0.25, -0.2) is 9.97 Å². The van der Waals surface area contributed by atoms with Gasteiger partial charge in [0.25, 0.3) is 0 Å². The minimum absolute atomic E-state index is 0.373. The predicted octanol–water partition coefficient (Wildman–Crippen LogP) is 2.57. The Morgan fingerprint density at radius 1 is 1.33 bits per heavy atom. The minimum atomic E-state index is 0.373. The lowest BCUT2D eigenvalue weighted by Gasteiger charge is -2.09. The maximum Gasteiger partial charge on any atom is 0.161 e. The van der Waals surface area contributed by atoms with Gasteiger partial charge in [0, 0.05) is 17.8 Å². The average Bonchev–Trinajstić information content (AvgIpc) is 2.38. The molecule has 0 fully saturated rings. The highest BCUT2D eigenvalue weighted by Crippen LogP contribution is 2.33. The van der Waals surface area contributed by atoms with Crippen molar-refractivity contribution in [1.82, 2.24) is 9.97 Å². The number of rotatable bonds is 3. The number of methoxy groups -OCH3 is 1. The third-order valence-electron chi connectivity index (χ3n) is 2.54. The fraction of sp³-hybridized carbons (Fsp3) is 0.231. The van der Waals surface area contributed by atoms with Crippen LogP contribution in [0.15, 0.2) is 24.3 Å². The van der Waals surface area contributed by atoms with E-state index >= 15 is 0 Å². The lowest BCUT2D eigenvalue weighted by Crippen LogP contribution is -2.03. The van der Waals surface area contributed by atoms with E-state index in [9.17, 15) is 0 Å². The summed E-state index contributed by atoms with van der Waals surface area (Å²) in [7, 11) is 1.58. The molecule has 0 atom stereocenters. The second-order valence-corrected chi connectivity index (χ2v) is 4.23. The van der Waals surface area contributed by atoms with Crippen LogP contribution in [0.1, 0.15) is 11.4 Å². The van der Waals surface area contributed by atoms with Crippen molar-refractivity contribution in [2.24, 2.45) is 5.73 Å². The van der Waals surface area contributed by atoms with Gasteiger partial charge in [0.15, 0.2) is 5.82 Å². The lowest BCUT2D eigenvalue weighted by atomic mass is 10.2. The summed E-state index contributed by atoms with van der Waals surface area (Å²) in [5.74, 6) is 1.17. The van der Waals surface area contributed by atoms with Crippen LogP contribution in [-0.4, -0.2) is 17.1 Å². The summed E-state index contributed by atoms with van der Waals surface area (Å²) >= 11 is 6.26. The highest BCUT2D eigenvalue weighted by atomic mass is 35.5. The molecule has 4 nitrogen and oxygen atoms in total. The molecule has 1 heterocycles. The average molecular weight is 264 g/mol. The smallest absolute Gasteiger partial charge is 0.161 e. The van der Waals surface area contributed by atoms with Crippen molar-refractivity contribution in [3.05, 3.63) is 40.7 Å². The molecule has 0 bridgehead atoms. The number of aryl methyl sites for hydroxylation is 1. The Kier molecular flexibility index (Phi) is 3.79. The van der Waals surface area contributed by atoms with E-state index in [2.05, 4.69) is 9.97 Å². The van der Waals surface area contributed by atoms with Crippen LogP contribution >= 0.6 is 11.6 Å². The lowest BCUT2D eigenvalue weighted by molar-refractivity contribution is 0.415. The van der Waals surface area contributed by atoms with Gasteiger partial charge in [-0.1, -0.05) is 17.7 Å². The number of halogens is 1. The van der Waals surface area contributed by atoms with Crippen molar-refractivity contribution < 1.29 is 4.74 Å². The number of hydrogen-bond acceptors (Lipinski definition) is 4. The third kappa shape index (κ3) is 2.44. The van der Waals surface area contributed by atoms with Crippen LogP contribution in [0.2, 0.25) is 5.02 Å². The molecule has 0 aliphatic carbocycles. The molecule has 5 heteroatoms. The molecule has 18 heavy (non-hydrogen) atoms. The van der Waals surface area contributed by atoms with Gasteiger partial charge in [-0.05, 0) is 25.1 Å². The maximum atomic E-state index is 6.26. The van der Waals surface area contributed by atoms with E-state index in [0.717, 1.165) is 17.0 Å². The van der Waals surface area contributed by atoms with Gasteiger partial charge in [-0.15, -0.1) is 0 Å². The zero-order valence-corrected chi connectivity index (χ0v) is 11.0.